The lowest BCUT2D eigenvalue weighted by Crippen LogP contribution is -2.49. The highest BCUT2D eigenvalue weighted by molar-refractivity contribution is 5.85. The number of rotatable bonds is 1. The molecule has 0 unspecified atom stereocenters. The van der Waals surface area contributed by atoms with Crippen molar-refractivity contribution in [2.24, 2.45) is 5.73 Å². The van der Waals surface area contributed by atoms with E-state index in [1.807, 2.05) is 24.3 Å². The molecule has 2 rings (SSSR count). The first-order chi connectivity index (χ1) is 6.65. The van der Waals surface area contributed by atoms with Crippen LogP contribution in [0.3, 0.4) is 0 Å². The van der Waals surface area contributed by atoms with E-state index in [9.17, 15) is 4.79 Å². The lowest BCUT2D eigenvalue weighted by atomic mass is 9.98. The third-order valence-corrected chi connectivity index (χ3v) is 2.72. The Morgan fingerprint density at radius 1 is 1.33 bits per heavy atom. The number of hydrogen-bond donors (Lipinski definition) is 1. The van der Waals surface area contributed by atoms with Crippen LogP contribution in [-0.4, -0.2) is 18.6 Å². The van der Waals surface area contributed by atoms with Crippen molar-refractivity contribution in [3.63, 3.8) is 0 Å². The SMILES string of the molecule is COC(=O)C1(N)Cc2ccccc2C1.Cl. The molecule has 0 fully saturated rings. The van der Waals surface area contributed by atoms with Gasteiger partial charge in [-0.3, -0.25) is 4.79 Å². The Labute approximate surface area is 95.0 Å². The summed E-state index contributed by atoms with van der Waals surface area (Å²) in [6.07, 6.45) is 1.16. The minimum Gasteiger partial charge on any atom is -0.468 e. The third-order valence-electron chi connectivity index (χ3n) is 2.72. The molecule has 2 N–H and O–H groups in total. The largest absolute Gasteiger partial charge is 0.468 e. The van der Waals surface area contributed by atoms with Crippen LogP contribution in [0, 0.1) is 0 Å². The molecule has 1 aliphatic rings. The topological polar surface area (TPSA) is 52.3 Å². The molecule has 0 radical (unpaired) electrons. The van der Waals surface area contributed by atoms with Crippen LogP contribution in [0.2, 0.25) is 0 Å². The molecule has 0 aromatic heterocycles. The fourth-order valence-corrected chi connectivity index (χ4v) is 1.99. The summed E-state index contributed by atoms with van der Waals surface area (Å²) >= 11 is 0. The van der Waals surface area contributed by atoms with Gasteiger partial charge in [0.15, 0.2) is 0 Å². The molecule has 1 aromatic rings. The number of methoxy groups -OCH3 is 1. The highest BCUT2D eigenvalue weighted by Crippen LogP contribution is 2.28. The van der Waals surface area contributed by atoms with Gasteiger partial charge in [0.25, 0.3) is 0 Å². The van der Waals surface area contributed by atoms with Crippen LogP contribution in [0.15, 0.2) is 24.3 Å². The van der Waals surface area contributed by atoms with E-state index in [-0.39, 0.29) is 18.4 Å². The zero-order valence-electron chi connectivity index (χ0n) is 8.53. The molecule has 0 amide bonds. The predicted molar refractivity (Wildman–Crippen MR) is 60.0 cm³/mol. The Bertz CT molecular complexity index is 354. The maximum atomic E-state index is 11.5. The Hall–Kier alpha value is -1.06. The second-order valence-corrected chi connectivity index (χ2v) is 3.77. The van der Waals surface area contributed by atoms with E-state index in [0.717, 1.165) is 11.1 Å². The second kappa shape index (κ2) is 4.21. The number of carbonyl (C=O) groups excluding carboxylic acids is 1. The molecular weight excluding hydrogens is 214 g/mol. The average molecular weight is 228 g/mol. The van der Waals surface area contributed by atoms with Gasteiger partial charge < -0.3 is 10.5 Å². The summed E-state index contributed by atoms with van der Waals surface area (Å²) in [7, 11) is 1.37. The predicted octanol–water partition coefficient (Wildman–Crippen LogP) is 1.08. The van der Waals surface area contributed by atoms with Crippen molar-refractivity contribution in [3.8, 4) is 0 Å². The van der Waals surface area contributed by atoms with Crippen LogP contribution < -0.4 is 5.73 Å². The summed E-state index contributed by atoms with van der Waals surface area (Å²) in [5.74, 6) is -0.325. The molecule has 0 bridgehead atoms. The van der Waals surface area contributed by atoms with Gasteiger partial charge in [-0.05, 0) is 11.1 Å². The lowest BCUT2D eigenvalue weighted by Gasteiger charge is -2.19. The van der Waals surface area contributed by atoms with Crippen molar-refractivity contribution < 1.29 is 9.53 Å². The van der Waals surface area contributed by atoms with E-state index >= 15 is 0 Å². The van der Waals surface area contributed by atoms with Gasteiger partial charge in [0.1, 0.15) is 5.54 Å². The molecule has 82 valence electrons. The van der Waals surface area contributed by atoms with Crippen molar-refractivity contribution in [2.75, 3.05) is 7.11 Å². The van der Waals surface area contributed by atoms with Crippen LogP contribution in [0.4, 0.5) is 0 Å². The maximum absolute atomic E-state index is 11.5. The molecule has 0 saturated heterocycles. The van der Waals surface area contributed by atoms with Crippen LogP contribution in [-0.2, 0) is 22.4 Å². The van der Waals surface area contributed by atoms with E-state index in [1.54, 1.807) is 0 Å². The van der Waals surface area contributed by atoms with Crippen molar-refractivity contribution in [3.05, 3.63) is 35.4 Å². The second-order valence-electron chi connectivity index (χ2n) is 3.77. The minimum atomic E-state index is -0.849. The van der Waals surface area contributed by atoms with Gasteiger partial charge in [-0.25, -0.2) is 0 Å². The molecular formula is C11H14ClNO2. The summed E-state index contributed by atoms with van der Waals surface area (Å²) in [6.45, 7) is 0. The molecule has 0 aliphatic heterocycles. The zero-order valence-corrected chi connectivity index (χ0v) is 9.34. The zero-order chi connectivity index (χ0) is 10.2. The lowest BCUT2D eigenvalue weighted by molar-refractivity contribution is -0.146. The van der Waals surface area contributed by atoms with Crippen LogP contribution >= 0.6 is 12.4 Å². The number of ether oxygens (including phenoxy) is 1. The van der Waals surface area contributed by atoms with Gasteiger partial charge in [-0.2, -0.15) is 0 Å². The fraction of sp³-hybridized carbons (Fsp3) is 0.364. The number of benzene rings is 1. The van der Waals surface area contributed by atoms with E-state index in [1.165, 1.54) is 7.11 Å². The minimum absolute atomic E-state index is 0. The number of hydrogen-bond acceptors (Lipinski definition) is 3. The van der Waals surface area contributed by atoms with Gasteiger partial charge in [0, 0.05) is 12.8 Å². The standard InChI is InChI=1S/C11H13NO2.ClH/c1-14-10(13)11(12)6-8-4-2-3-5-9(8)7-11;/h2-5H,6-7,12H2,1H3;1H. The summed E-state index contributed by atoms with van der Waals surface area (Å²) in [5.41, 5.74) is 7.45. The van der Waals surface area contributed by atoms with Crippen LogP contribution in [0.5, 0.6) is 0 Å². The average Bonchev–Trinajstić information content (AvgIpc) is 2.54. The number of fused-ring (bicyclic) bond motifs is 1. The van der Waals surface area contributed by atoms with Gasteiger partial charge in [0.05, 0.1) is 7.11 Å². The van der Waals surface area contributed by atoms with Gasteiger partial charge in [0.2, 0.25) is 0 Å². The smallest absolute Gasteiger partial charge is 0.326 e. The number of carbonyl (C=O) groups is 1. The van der Waals surface area contributed by atoms with Gasteiger partial charge >= 0.3 is 5.97 Å². The molecule has 0 heterocycles. The Kier molecular flexibility index (Phi) is 3.37. The van der Waals surface area contributed by atoms with Crippen LogP contribution in [0.1, 0.15) is 11.1 Å². The van der Waals surface area contributed by atoms with Crippen molar-refractivity contribution in [1.29, 1.82) is 0 Å². The van der Waals surface area contributed by atoms with Gasteiger partial charge in [-0.15, -0.1) is 12.4 Å². The van der Waals surface area contributed by atoms with Crippen molar-refractivity contribution in [2.45, 2.75) is 18.4 Å². The molecule has 0 saturated carbocycles. The van der Waals surface area contributed by atoms with E-state index in [0.29, 0.717) is 12.8 Å². The fourth-order valence-electron chi connectivity index (χ4n) is 1.99. The molecule has 0 atom stereocenters. The molecule has 3 nitrogen and oxygen atoms in total. The monoisotopic (exact) mass is 227 g/mol. The summed E-state index contributed by atoms with van der Waals surface area (Å²) in [4.78, 5) is 11.5. The third kappa shape index (κ3) is 1.98. The molecule has 0 spiro atoms. The normalized spacial score (nSPS) is 16.4. The number of nitrogens with two attached hydrogens (primary N) is 1. The maximum Gasteiger partial charge on any atom is 0.326 e. The summed E-state index contributed by atoms with van der Waals surface area (Å²) < 4.78 is 4.70. The molecule has 1 aliphatic carbocycles. The highest BCUT2D eigenvalue weighted by Gasteiger charge is 2.40. The van der Waals surface area contributed by atoms with E-state index in [4.69, 9.17) is 10.5 Å². The summed E-state index contributed by atoms with van der Waals surface area (Å²) in [5, 5.41) is 0. The van der Waals surface area contributed by atoms with Gasteiger partial charge in [-0.1, -0.05) is 24.3 Å². The van der Waals surface area contributed by atoms with E-state index < -0.39 is 5.54 Å². The first-order valence-corrected chi connectivity index (χ1v) is 4.60. The number of halogens is 1. The van der Waals surface area contributed by atoms with Crippen molar-refractivity contribution in [1.82, 2.24) is 0 Å². The Morgan fingerprint density at radius 2 is 1.80 bits per heavy atom. The first-order valence-electron chi connectivity index (χ1n) is 4.60. The first kappa shape index (κ1) is 12.0. The molecule has 4 heteroatoms. The summed E-state index contributed by atoms with van der Waals surface area (Å²) in [6, 6.07) is 7.93. The van der Waals surface area contributed by atoms with E-state index in [2.05, 4.69) is 0 Å². The highest BCUT2D eigenvalue weighted by atomic mass is 35.5. The quantitative estimate of drug-likeness (QED) is 0.731. The van der Waals surface area contributed by atoms with Crippen molar-refractivity contribution >= 4 is 18.4 Å². The Morgan fingerprint density at radius 3 is 2.20 bits per heavy atom. The van der Waals surface area contributed by atoms with Crippen LogP contribution in [0.25, 0.3) is 0 Å². The molecule has 15 heavy (non-hydrogen) atoms. The number of esters is 1. The Balaban J connectivity index is 0.00000112. The molecule has 1 aromatic carbocycles.